The van der Waals surface area contributed by atoms with E-state index in [1.165, 1.54) is 12.4 Å². The van der Waals surface area contributed by atoms with Crippen molar-refractivity contribution in [1.82, 2.24) is 20.1 Å². The first kappa shape index (κ1) is 13.6. The molecule has 0 saturated carbocycles. The second-order valence-corrected chi connectivity index (χ2v) is 4.24. The van der Waals surface area contributed by atoms with Crippen molar-refractivity contribution in [2.75, 3.05) is 0 Å². The van der Waals surface area contributed by atoms with Crippen molar-refractivity contribution in [2.24, 2.45) is 0 Å². The van der Waals surface area contributed by atoms with Crippen molar-refractivity contribution in [3.05, 3.63) is 47.5 Å². The molecule has 0 aliphatic heterocycles. The van der Waals surface area contributed by atoms with Crippen molar-refractivity contribution < 1.29 is 8.78 Å². The number of rotatable bonds is 6. The molecule has 0 unspecified atom stereocenters. The third-order valence-electron chi connectivity index (χ3n) is 2.74. The third kappa shape index (κ3) is 3.57. The maximum atomic E-state index is 13.4. The lowest BCUT2D eigenvalue weighted by Gasteiger charge is -2.07. The summed E-state index contributed by atoms with van der Waals surface area (Å²) < 4.78 is 28.2. The number of nitrogens with zero attached hydrogens (tertiary/aromatic N) is 3. The van der Waals surface area contributed by atoms with Crippen LogP contribution in [0.1, 0.15) is 24.7 Å². The van der Waals surface area contributed by atoms with Crippen LogP contribution in [0.5, 0.6) is 0 Å². The quantitative estimate of drug-likeness (QED) is 0.872. The number of aryl methyl sites for hydroxylation is 1. The van der Waals surface area contributed by atoms with E-state index in [1.807, 2.05) is 0 Å². The molecule has 0 atom stereocenters. The van der Waals surface area contributed by atoms with E-state index in [-0.39, 0.29) is 6.54 Å². The van der Waals surface area contributed by atoms with Crippen molar-refractivity contribution in [2.45, 2.75) is 33.0 Å². The van der Waals surface area contributed by atoms with Gasteiger partial charge in [0.2, 0.25) is 0 Å². The highest BCUT2D eigenvalue weighted by molar-refractivity contribution is 5.18. The molecular formula is C13H16F2N4. The van der Waals surface area contributed by atoms with Crippen LogP contribution >= 0.6 is 0 Å². The molecule has 0 bridgehead atoms. The molecule has 0 aliphatic rings. The number of benzene rings is 1. The van der Waals surface area contributed by atoms with Crippen LogP contribution in [-0.2, 0) is 19.6 Å². The molecule has 0 saturated heterocycles. The Bertz CT molecular complexity index is 539. The molecule has 0 radical (unpaired) electrons. The molecule has 0 spiro atoms. The van der Waals surface area contributed by atoms with Crippen LogP contribution in [-0.4, -0.2) is 14.8 Å². The molecule has 2 rings (SSSR count). The molecule has 2 aromatic rings. The van der Waals surface area contributed by atoms with Gasteiger partial charge in [-0.15, -0.1) is 0 Å². The monoisotopic (exact) mass is 266 g/mol. The summed E-state index contributed by atoms with van der Waals surface area (Å²) in [5.74, 6) is -0.0602. The van der Waals surface area contributed by atoms with Gasteiger partial charge >= 0.3 is 0 Å². The van der Waals surface area contributed by atoms with E-state index in [1.54, 1.807) is 4.68 Å². The Balaban J connectivity index is 1.92. The predicted octanol–water partition coefficient (Wildman–Crippen LogP) is 2.26. The Morgan fingerprint density at radius 2 is 2.11 bits per heavy atom. The summed E-state index contributed by atoms with van der Waals surface area (Å²) in [6.45, 7) is 3.57. The fraction of sp³-hybridized carbons (Fsp3) is 0.385. The number of hydrogen-bond donors (Lipinski definition) is 1. The largest absolute Gasteiger partial charge is 0.306 e. The van der Waals surface area contributed by atoms with Gasteiger partial charge in [-0.1, -0.05) is 6.92 Å². The van der Waals surface area contributed by atoms with Gasteiger partial charge in [-0.2, -0.15) is 5.10 Å². The van der Waals surface area contributed by atoms with Gasteiger partial charge in [-0.3, -0.25) is 0 Å². The van der Waals surface area contributed by atoms with Gasteiger partial charge in [0.1, 0.15) is 23.8 Å². The highest BCUT2D eigenvalue weighted by atomic mass is 19.1. The van der Waals surface area contributed by atoms with Gasteiger partial charge in [0, 0.05) is 18.7 Å². The van der Waals surface area contributed by atoms with Crippen LogP contribution in [0.3, 0.4) is 0 Å². The van der Waals surface area contributed by atoms with Crippen molar-refractivity contribution in [3.8, 4) is 0 Å². The summed E-state index contributed by atoms with van der Waals surface area (Å²) in [4.78, 5) is 4.13. The summed E-state index contributed by atoms with van der Waals surface area (Å²) in [5.41, 5.74) is 0.307. The number of hydrogen-bond acceptors (Lipinski definition) is 3. The Labute approximate surface area is 110 Å². The third-order valence-corrected chi connectivity index (χ3v) is 2.74. The molecule has 0 amide bonds. The molecule has 4 nitrogen and oxygen atoms in total. The zero-order valence-corrected chi connectivity index (χ0v) is 10.7. The molecular weight excluding hydrogens is 250 g/mol. The molecule has 19 heavy (non-hydrogen) atoms. The average molecular weight is 266 g/mol. The smallest absolute Gasteiger partial charge is 0.140 e. The molecule has 1 N–H and O–H groups in total. The van der Waals surface area contributed by atoms with Crippen molar-refractivity contribution >= 4 is 0 Å². The Kier molecular flexibility index (Phi) is 4.57. The van der Waals surface area contributed by atoms with Gasteiger partial charge in [-0.25, -0.2) is 18.4 Å². The van der Waals surface area contributed by atoms with E-state index in [4.69, 9.17) is 0 Å². The molecule has 0 aliphatic carbocycles. The maximum absolute atomic E-state index is 13.4. The molecule has 1 aromatic carbocycles. The average Bonchev–Trinajstić information content (AvgIpc) is 2.82. The van der Waals surface area contributed by atoms with E-state index in [2.05, 4.69) is 22.3 Å². The molecule has 1 aromatic heterocycles. The van der Waals surface area contributed by atoms with E-state index >= 15 is 0 Å². The van der Waals surface area contributed by atoms with E-state index < -0.39 is 11.6 Å². The predicted molar refractivity (Wildman–Crippen MR) is 67.2 cm³/mol. The van der Waals surface area contributed by atoms with Gasteiger partial charge in [-0.05, 0) is 24.6 Å². The zero-order chi connectivity index (χ0) is 13.7. The summed E-state index contributed by atoms with van der Waals surface area (Å²) in [6.07, 6.45) is 2.46. The summed E-state index contributed by atoms with van der Waals surface area (Å²) in [5, 5.41) is 7.14. The number of nitrogens with one attached hydrogen (secondary N) is 1. The van der Waals surface area contributed by atoms with Crippen LogP contribution in [0.4, 0.5) is 8.78 Å². The topological polar surface area (TPSA) is 42.7 Å². The van der Waals surface area contributed by atoms with E-state index in [0.717, 1.165) is 30.9 Å². The summed E-state index contributed by atoms with van der Waals surface area (Å²) in [6, 6.07) is 3.43. The first-order valence-electron chi connectivity index (χ1n) is 6.22. The number of aromatic nitrogens is 3. The van der Waals surface area contributed by atoms with Crippen LogP contribution in [0.15, 0.2) is 24.5 Å². The van der Waals surface area contributed by atoms with Gasteiger partial charge in [0.15, 0.2) is 0 Å². The van der Waals surface area contributed by atoms with E-state index in [0.29, 0.717) is 12.1 Å². The summed E-state index contributed by atoms with van der Waals surface area (Å²) >= 11 is 0. The normalized spacial score (nSPS) is 10.9. The lowest BCUT2D eigenvalue weighted by molar-refractivity contribution is 0.531. The lowest BCUT2D eigenvalue weighted by atomic mass is 10.2. The lowest BCUT2D eigenvalue weighted by Crippen LogP contribution is -2.18. The van der Waals surface area contributed by atoms with Crippen molar-refractivity contribution in [3.63, 3.8) is 0 Å². The molecule has 6 heteroatoms. The minimum atomic E-state index is -0.438. The molecule has 1 heterocycles. The van der Waals surface area contributed by atoms with Gasteiger partial charge in [0.05, 0.1) is 6.54 Å². The highest BCUT2D eigenvalue weighted by Crippen LogP contribution is 2.09. The number of halogens is 2. The Morgan fingerprint density at radius 1 is 1.26 bits per heavy atom. The first-order chi connectivity index (χ1) is 9.20. The van der Waals surface area contributed by atoms with Crippen molar-refractivity contribution in [1.29, 1.82) is 0 Å². The molecule has 102 valence electrons. The highest BCUT2D eigenvalue weighted by Gasteiger charge is 2.06. The van der Waals surface area contributed by atoms with Crippen LogP contribution in [0.2, 0.25) is 0 Å². The second kappa shape index (κ2) is 6.38. The fourth-order valence-electron chi connectivity index (χ4n) is 1.81. The van der Waals surface area contributed by atoms with Gasteiger partial charge < -0.3 is 5.32 Å². The SMILES string of the molecule is CCCn1ncnc1CNCc1cc(F)ccc1F. The Hall–Kier alpha value is -1.82. The fourth-order valence-corrected chi connectivity index (χ4v) is 1.81. The van der Waals surface area contributed by atoms with Gasteiger partial charge in [0.25, 0.3) is 0 Å². The first-order valence-corrected chi connectivity index (χ1v) is 6.22. The van der Waals surface area contributed by atoms with Crippen LogP contribution in [0, 0.1) is 11.6 Å². The zero-order valence-electron chi connectivity index (χ0n) is 10.7. The Morgan fingerprint density at radius 3 is 2.89 bits per heavy atom. The second-order valence-electron chi connectivity index (χ2n) is 4.24. The summed E-state index contributed by atoms with van der Waals surface area (Å²) in [7, 11) is 0. The van der Waals surface area contributed by atoms with E-state index in [9.17, 15) is 8.78 Å². The minimum absolute atomic E-state index is 0.253. The van der Waals surface area contributed by atoms with Crippen LogP contribution < -0.4 is 5.32 Å². The molecule has 0 fully saturated rings. The standard InChI is InChI=1S/C13H16F2N4/c1-2-5-19-13(17-9-18-19)8-16-7-10-6-11(14)3-4-12(10)15/h3-4,6,9,16H,2,5,7-8H2,1H3. The maximum Gasteiger partial charge on any atom is 0.140 e. The minimum Gasteiger partial charge on any atom is -0.306 e. The van der Waals surface area contributed by atoms with Crippen LogP contribution in [0.25, 0.3) is 0 Å².